The number of amides is 1. The van der Waals surface area contributed by atoms with Crippen molar-refractivity contribution in [3.63, 3.8) is 0 Å². The van der Waals surface area contributed by atoms with E-state index in [1.807, 2.05) is 0 Å². The molecule has 0 radical (unpaired) electrons. The molecule has 1 saturated heterocycles. The zero-order valence-electron chi connectivity index (χ0n) is 12.7. The Labute approximate surface area is 123 Å². The van der Waals surface area contributed by atoms with E-state index in [4.69, 9.17) is 18.9 Å². The van der Waals surface area contributed by atoms with Gasteiger partial charge in [0.2, 0.25) is 5.91 Å². The lowest BCUT2D eigenvalue weighted by Crippen LogP contribution is -2.52. The van der Waals surface area contributed by atoms with Gasteiger partial charge in [0.15, 0.2) is 12.4 Å². The first-order valence-corrected chi connectivity index (χ1v) is 6.56. The fourth-order valence-electron chi connectivity index (χ4n) is 2.31. The highest BCUT2D eigenvalue weighted by molar-refractivity contribution is 5.73. The van der Waals surface area contributed by atoms with E-state index in [-0.39, 0.29) is 5.91 Å². The Balaban J connectivity index is 2.96. The Morgan fingerprint density at radius 3 is 2.19 bits per heavy atom. The first-order valence-electron chi connectivity index (χ1n) is 6.56. The van der Waals surface area contributed by atoms with Gasteiger partial charge in [-0.15, -0.1) is 0 Å². The number of hydrogen-bond donors (Lipinski definition) is 1. The van der Waals surface area contributed by atoms with E-state index in [1.54, 1.807) is 6.92 Å². The molecule has 0 bridgehead atoms. The molecule has 1 rings (SSSR count). The number of esters is 2. The SMILES string of the molecule is CO[C@@H]1O[C@H]([C@H](C)OC(C)=O)[C@@H](NC(C)=O)[C@H]1OC(C)=O. The summed E-state index contributed by atoms with van der Waals surface area (Å²) in [6, 6.07) is -0.675. The van der Waals surface area contributed by atoms with Crippen LogP contribution < -0.4 is 5.32 Å². The lowest BCUT2D eigenvalue weighted by molar-refractivity contribution is -0.185. The number of carbonyl (C=O) groups excluding carboxylic acids is 3. The molecule has 8 nitrogen and oxygen atoms in total. The van der Waals surface area contributed by atoms with Crippen LogP contribution in [0.2, 0.25) is 0 Å². The van der Waals surface area contributed by atoms with E-state index < -0.39 is 42.6 Å². The number of carbonyl (C=O) groups is 3. The van der Waals surface area contributed by atoms with Crippen molar-refractivity contribution in [1.82, 2.24) is 5.32 Å². The Kier molecular flexibility index (Phi) is 6.10. The zero-order valence-corrected chi connectivity index (χ0v) is 12.7. The third-order valence-corrected chi connectivity index (χ3v) is 2.99. The molecule has 0 saturated carbocycles. The molecule has 0 spiro atoms. The van der Waals surface area contributed by atoms with Gasteiger partial charge in [-0.1, -0.05) is 0 Å². The van der Waals surface area contributed by atoms with Crippen LogP contribution in [-0.2, 0) is 33.3 Å². The summed E-state index contributed by atoms with van der Waals surface area (Å²) in [4.78, 5) is 33.6. The molecule has 1 aliphatic rings. The fraction of sp³-hybridized carbons (Fsp3) is 0.769. The number of methoxy groups -OCH3 is 1. The van der Waals surface area contributed by atoms with Crippen LogP contribution in [0.5, 0.6) is 0 Å². The highest BCUT2D eigenvalue weighted by Gasteiger charge is 2.50. The second kappa shape index (κ2) is 7.37. The van der Waals surface area contributed by atoms with E-state index >= 15 is 0 Å². The third-order valence-electron chi connectivity index (χ3n) is 2.99. The lowest BCUT2D eigenvalue weighted by Gasteiger charge is -2.26. The normalized spacial score (nSPS) is 29.6. The van der Waals surface area contributed by atoms with Crippen LogP contribution in [-0.4, -0.2) is 55.6 Å². The van der Waals surface area contributed by atoms with Crippen LogP contribution in [0.3, 0.4) is 0 Å². The number of rotatable bonds is 5. The van der Waals surface area contributed by atoms with Gasteiger partial charge >= 0.3 is 11.9 Å². The summed E-state index contributed by atoms with van der Waals surface area (Å²) < 4.78 is 21.0. The van der Waals surface area contributed by atoms with Gasteiger partial charge in [-0.2, -0.15) is 0 Å². The molecule has 0 unspecified atom stereocenters. The Morgan fingerprint density at radius 1 is 1.14 bits per heavy atom. The van der Waals surface area contributed by atoms with Crippen LogP contribution in [0, 0.1) is 0 Å². The highest BCUT2D eigenvalue weighted by atomic mass is 16.7. The molecular weight excluding hydrogens is 282 g/mol. The van der Waals surface area contributed by atoms with E-state index in [0.717, 1.165) is 0 Å². The minimum Gasteiger partial charge on any atom is -0.460 e. The van der Waals surface area contributed by atoms with Crippen molar-refractivity contribution in [2.24, 2.45) is 0 Å². The van der Waals surface area contributed by atoms with Gasteiger partial charge < -0.3 is 24.3 Å². The molecule has 21 heavy (non-hydrogen) atoms. The summed E-state index contributed by atoms with van der Waals surface area (Å²) in [5.41, 5.74) is 0. The fourth-order valence-corrected chi connectivity index (χ4v) is 2.31. The molecule has 5 atom stereocenters. The van der Waals surface area contributed by atoms with Crippen LogP contribution in [0.15, 0.2) is 0 Å². The maximum atomic E-state index is 11.4. The zero-order chi connectivity index (χ0) is 16.2. The summed E-state index contributed by atoms with van der Waals surface area (Å²) in [6.45, 7) is 5.48. The average molecular weight is 303 g/mol. The van der Waals surface area contributed by atoms with E-state index in [9.17, 15) is 14.4 Å². The molecule has 0 aromatic rings. The Bertz CT molecular complexity index is 411. The Morgan fingerprint density at radius 2 is 1.76 bits per heavy atom. The van der Waals surface area contributed by atoms with Crippen LogP contribution in [0.1, 0.15) is 27.7 Å². The quantitative estimate of drug-likeness (QED) is 0.699. The molecule has 0 aliphatic carbocycles. The van der Waals surface area contributed by atoms with Gasteiger partial charge in [0.1, 0.15) is 18.2 Å². The predicted molar refractivity (Wildman–Crippen MR) is 70.1 cm³/mol. The highest BCUT2D eigenvalue weighted by Crippen LogP contribution is 2.28. The maximum absolute atomic E-state index is 11.4. The van der Waals surface area contributed by atoms with Crippen molar-refractivity contribution in [2.45, 2.75) is 58.3 Å². The van der Waals surface area contributed by atoms with Crippen LogP contribution >= 0.6 is 0 Å². The van der Waals surface area contributed by atoms with Crippen molar-refractivity contribution in [3.05, 3.63) is 0 Å². The number of ether oxygens (including phenoxy) is 4. The van der Waals surface area contributed by atoms with Crippen molar-refractivity contribution < 1.29 is 33.3 Å². The van der Waals surface area contributed by atoms with Crippen molar-refractivity contribution >= 4 is 17.8 Å². The second-order valence-electron chi connectivity index (χ2n) is 4.82. The summed E-state index contributed by atoms with van der Waals surface area (Å²) in [7, 11) is 1.39. The maximum Gasteiger partial charge on any atom is 0.303 e. The van der Waals surface area contributed by atoms with E-state index in [0.29, 0.717) is 0 Å². The van der Waals surface area contributed by atoms with E-state index in [1.165, 1.54) is 27.9 Å². The standard InChI is InChI=1S/C13H21NO7/c1-6(19-8(3)16)11-10(14-7(2)15)12(20-9(4)17)13(18-5)21-11/h6,10-13H,1-5H3,(H,14,15)/t6-,10+,11+,12+,13+/m0/s1. The molecule has 0 aromatic heterocycles. The smallest absolute Gasteiger partial charge is 0.303 e. The minimum atomic E-state index is -0.853. The molecule has 1 fully saturated rings. The molecule has 8 heteroatoms. The van der Waals surface area contributed by atoms with Gasteiger partial charge in [-0.25, -0.2) is 0 Å². The largest absolute Gasteiger partial charge is 0.460 e. The average Bonchev–Trinajstić information content (AvgIpc) is 2.65. The van der Waals surface area contributed by atoms with Gasteiger partial charge in [-0.3, -0.25) is 14.4 Å². The topological polar surface area (TPSA) is 100 Å². The lowest BCUT2D eigenvalue weighted by atomic mass is 10.0. The summed E-state index contributed by atoms with van der Waals surface area (Å²) in [5, 5.41) is 2.65. The second-order valence-corrected chi connectivity index (χ2v) is 4.82. The third kappa shape index (κ3) is 4.68. The number of hydrogen-bond acceptors (Lipinski definition) is 7. The molecule has 120 valence electrons. The van der Waals surface area contributed by atoms with Crippen LogP contribution in [0.25, 0.3) is 0 Å². The van der Waals surface area contributed by atoms with Crippen molar-refractivity contribution in [3.8, 4) is 0 Å². The van der Waals surface area contributed by atoms with Gasteiger partial charge in [0.05, 0.1) is 0 Å². The molecule has 1 amide bonds. The monoisotopic (exact) mass is 303 g/mol. The molecular formula is C13H21NO7. The molecule has 0 aromatic carbocycles. The Hall–Kier alpha value is -1.67. The number of nitrogens with one attached hydrogen (secondary N) is 1. The molecule has 1 N–H and O–H groups in total. The predicted octanol–water partition coefficient (Wildman–Crippen LogP) is -0.254. The van der Waals surface area contributed by atoms with Crippen LogP contribution in [0.4, 0.5) is 0 Å². The van der Waals surface area contributed by atoms with Gasteiger partial charge in [-0.05, 0) is 6.92 Å². The first kappa shape index (κ1) is 17.4. The van der Waals surface area contributed by atoms with Crippen molar-refractivity contribution in [2.75, 3.05) is 7.11 Å². The van der Waals surface area contributed by atoms with E-state index in [2.05, 4.69) is 5.32 Å². The first-order chi connectivity index (χ1) is 9.76. The molecule has 1 aliphatic heterocycles. The summed E-state index contributed by atoms with van der Waals surface area (Å²) in [5.74, 6) is -1.32. The summed E-state index contributed by atoms with van der Waals surface area (Å²) >= 11 is 0. The molecule has 1 heterocycles. The van der Waals surface area contributed by atoms with Gasteiger partial charge in [0, 0.05) is 27.9 Å². The summed E-state index contributed by atoms with van der Waals surface area (Å²) in [6.07, 6.45) is -3.00. The van der Waals surface area contributed by atoms with Crippen molar-refractivity contribution in [1.29, 1.82) is 0 Å². The van der Waals surface area contributed by atoms with Gasteiger partial charge in [0.25, 0.3) is 0 Å². The minimum absolute atomic E-state index is 0.322.